The standard InChI is InChI=1S/C15H32O2Si2/c1-7-14-18(3,4)16-12-10-9-11-13-17-19(5,6)15-8-2/h7-8H,1-2,9-15H2,3-6H3. The van der Waals surface area contributed by atoms with E-state index in [1.165, 1.54) is 6.42 Å². The van der Waals surface area contributed by atoms with E-state index in [4.69, 9.17) is 8.85 Å². The van der Waals surface area contributed by atoms with Crippen molar-refractivity contribution in [1.29, 1.82) is 0 Å². The predicted molar refractivity (Wildman–Crippen MR) is 90.7 cm³/mol. The van der Waals surface area contributed by atoms with E-state index in [0.29, 0.717) is 0 Å². The summed E-state index contributed by atoms with van der Waals surface area (Å²) < 4.78 is 12.0. The normalized spacial score (nSPS) is 12.4. The molecule has 0 rings (SSSR count). The molecule has 112 valence electrons. The Morgan fingerprint density at radius 3 is 1.42 bits per heavy atom. The van der Waals surface area contributed by atoms with Crippen LogP contribution in [0.3, 0.4) is 0 Å². The second kappa shape index (κ2) is 9.69. The van der Waals surface area contributed by atoms with Gasteiger partial charge < -0.3 is 8.85 Å². The topological polar surface area (TPSA) is 18.5 Å². The maximum Gasteiger partial charge on any atom is 0.190 e. The fourth-order valence-corrected chi connectivity index (χ4v) is 4.91. The Bertz CT molecular complexity index is 237. The van der Waals surface area contributed by atoms with Crippen molar-refractivity contribution in [1.82, 2.24) is 0 Å². The molecule has 0 aliphatic heterocycles. The van der Waals surface area contributed by atoms with Crippen molar-refractivity contribution < 1.29 is 8.85 Å². The molecule has 0 aliphatic carbocycles. The summed E-state index contributed by atoms with van der Waals surface area (Å²) in [6.45, 7) is 18.4. The molecule has 0 atom stereocenters. The zero-order valence-corrected chi connectivity index (χ0v) is 15.3. The highest BCUT2D eigenvalue weighted by Gasteiger charge is 2.20. The Balaban J connectivity index is 3.51. The molecule has 0 aromatic rings. The lowest BCUT2D eigenvalue weighted by Gasteiger charge is -2.22. The van der Waals surface area contributed by atoms with Crippen LogP contribution in [0, 0.1) is 0 Å². The van der Waals surface area contributed by atoms with E-state index < -0.39 is 16.6 Å². The van der Waals surface area contributed by atoms with Crippen LogP contribution < -0.4 is 0 Å². The van der Waals surface area contributed by atoms with E-state index in [1.807, 2.05) is 12.2 Å². The fourth-order valence-electron chi connectivity index (χ4n) is 1.89. The maximum atomic E-state index is 5.98. The number of hydrogen-bond donors (Lipinski definition) is 0. The highest BCUT2D eigenvalue weighted by atomic mass is 28.4. The molecule has 0 heterocycles. The molecule has 0 fully saturated rings. The van der Waals surface area contributed by atoms with Crippen LogP contribution in [-0.4, -0.2) is 29.8 Å². The molecule has 0 aromatic carbocycles. The van der Waals surface area contributed by atoms with Gasteiger partial charge in [-0.2, -0.15) is 0 Å². The SMILES string of the molecule is C=CC[Si](C)(C)OCCCCCO[Si](C)(C)CC=C. The summed E-state index contributed by atoms with van der Waals surface area (Å²) in [4.78, 5) is 0. The van der Waals surface area contributed by atoms with Crippen LogP contribution >= 0.6 is 0 Å². The smallest absolute Gasteiger partial charge is 0.190 e. The second-order valence-corrected chi connectivity index (χ2v) is 14.7. The molecule has 0 N–H and O–H groups in total. The van der Waals surface area contributed by atoms with Crippen molar-refractivity contribution in [3.63, 3.8) is 0 Å². The van der Waals surface area contributed by atoms with Gasteiger partial charge in [0.1, 0.15) is 0 Å². The summed E-state index contributed by atoms with van der Waals surface area (Å²) in [6.07, 6.45) is 7.43. The van der Waals surface area contributed by atoms with Crippen LogP contribution in [0.15, 0.2) is 25.3 Å². The summed E-state index contributed by atoms with van der Waals surface area (Å²) in [6, 6.07) is 2.08. The molecule has 0 spiro atoms. The van der Waals surface area contributed by atoms with E-state index in [9.17, 15) is 0 Å². The van der Waals surface area contributed by atoms with E-state index in [2.05, 4.69) is 39.3 Å². The van der Waals surface area contributed by atoms with Gasteiger partial charge in [0.2, 0.25) is 0 Å². The average Bonchev–Trinajstić information content (AvgIpc) is 2.27. The number of hydrogen-bond acceptors (Lipinski definition) is 2. The number of allylic oxidation sites excluding steroid dienone is 2. The molecule has 19 heavy (non-hydrogen) atoms. The number of rotatable bonds is 12. The fraction of sp³-hybridized carbons (Fsp3) is 0.733. The van der Waals surface area contributed by atoms with Crippen LogP contribution in [0.1, 0.15) is 19.3 Å². The monoisotopic (exact) mass is 300 g/mol. The Morgan fingerprint density at radius 1 is 0.737 bits per heavy atom. The largest absolute Gasteiger partial charge is 0.417 e. The van der Waals surface area contributed by atoms with E-state index in [-0.39, 0.29) is 0 Å². The molecule has 0 unspecified atom stereocenters. The van der Waals surface area contributed by atoms with Crippen molar-refractivity contribution in [3.05, 3.63) is 25.3 Å². The van der Waals surface area contributed by atoms with E-state index >= 15 is 0 Å². The molecule has 2 nitrogen and oxygen atoms in total. The third-order valence-corrected chi connectivity index (χ3v) is 7.56. The van der Waals surface area contributed by atoms with E-state index in [1.54, 1.807) is 0 Å². The first-order chi connectivity index (χ1) is 8.83. The van der Waals surface area contributed by atoms with Gasteiger partial charge in [0.25, 0.3) is 0 Å². The van der Waals surface area contributed by atoms with Crippen LogP contribution in [0.2, 0.25) is 38.3 Å². The molecule has 0 radical (unpaired) electrons. The summed E-state index contributed by atoms with van der Waals surface area (Å²) in [5, 5.41) is 0. The first-order valence-electron chi connectivity index (χ1n) is 7.33. The molecular weight excluding hydrogens is 268 g/mol. The first-order valence-corrected chi connectivity index (χ1v) is 13.6. The molecular formula is C15H32O2Si2. The minimum Gasteiger partial charge on any atom is -0.417 e. The Kier molecular flexibility index (Phi) is 9.61. The highest BCUT2D eigenvalue weighted by molar-refractivity contribution is 6.71. The zero-order valence-electron chi connectivity index (χ0n) is 13.3. The minimum atomic E-state index is -1.47. The molecule has 0 saturated heterocycles. The quantitative estimate of drug-likeness (QED) is 0.288. The highest BCUT2D eigenvalue weighted by Crippen LogP contribution is 2.14. The van der Waals surface area contributed by atoms with Gasteiger partial charge in [0.05, 0.1) is 0 Å². The van der Waals surface area contributed by atoms with Gasteiger partial charge in [-0.25, -0.2) is 0 Å². The molecule has 0 aromatic heterocycles. The van der Waals surface area contributed by atoms with Crippen LogP contribution in [0.4, 0.5) is 0 Å². The Morgan fingerprint density at radius 2 is 1.11 bits per heavy atom. The molecule has 4 heteroatoms. The summed E-state index contributed by atoms with van der Waals surface area (Å²) >= 11 is 0. The summed E-state index contributed by atoms with van der Waals surface area (Å²) in [5.74, 6) is 0. The molecule has 0 bridgehead atoms. The lowest BCUT2D eigenvalue weighted by atomic mass is 10.2. The van der Waals surface area contributed by atoms with Gasteiger partial charge in [-0.15, -0.1) is 13.2 Å². The van der Waals surface area contributed by atoms with Crippen molar-refractivity contribution in [2.75, 3.05) is 13.2 Å². The maximum absolute atomic E-state index is 5.98. The Labute approximate surface area is 122 Å². The van der Waals surface area contributed by atoms with Gasteiger partial charge in [-0.05, 0) is 57.5 Å². The zero-order chi connectivity index (χ0) is 14.8. The first kappa shape index (κ1) is 18.8. The average molecular weight is 301 g/mol. The van der Waals surface area contributed by atoms with Crippen molar-refractivity contribution in [3.8, 4) is 0 Å². The van der Waals surface area contributed by atoms with Crippen LogP contribution in [0.25, 0.3) is 0 Å². The van der Waals surface area contributed by atoms with Gasteiger partial charge in [-0.1, -0.05) is 12.2 Å². The summed E-state index contributed by atoms with van der Waals surface area (Å²) in [7, 11) is -2.93. The van der Waals surface area contributed by atoms with Crippen LogP contribution in [-0.2, 0) is 8.85 Å². The third-order valence-electron chi connectivity index (χ3n) is 3.05. The Hall–Kier alpha value is -0.166. The van der Waals surface area contributed by atoms with Crippen molar-refractivity contribution in [2.45, 2.75) is 57.5 Å². The predicted octanol–water partition coefficient (Wildman–Crippen LogP) is 4.97. The summed E-state index contributed by atoms with van der Waals surface area (Å²) in [5.41, 5.74) is 0. The van der Waals surface area contributed by atoms with Gasteiger partial charge in [0, 0.05) is 13.2 Å². The van der Waals surface area contributed by atoms with Crippen molar-refractivity contribution in [2.24, 2.45) is 0 Å². The van der Waals surface area contributed by atoms with Gasteiger partial charge >= 0.3 is 0 Å². The number of unbranched alkanes of at least 4 members (excludes halogenated alkanes) is 2. The van der Waals surface area contributed by atoms with Gasteiger partial charge in [0.15, 0.2) is 16.6 Å². The molecule has 0 saturated carbocycles. The minimum absolute atomic E-state index is 0.889. The molecule has 0 amide bonds. The van der Waals surface area contributed by atoms with Crippen molar-refractivity contribution >= 4 is 16.6 Å². The van der Waals surface area contributed by atoms with Crippen LogP contribution in [0.5, 0.6) is 0 Å². The van der Waals surface area contributed by atoms with Gasteiger partial charge in [-0.3, -0.25) is 0 Å². The lowest BCUT2D eigenvalue weighted by molar-refractivity contribution is 0.271. The third kappa shape index (κ3) is 11.4. The lowest BCUT2D eigenvalue weighted by Crippen LogP contribution is -2.30. The molecule has 0 aliphatic rings. The second-order valence-electron chi connectivity index (χ2n) is 6.26. The van der Waals surface area contributed by atoms with E-state index in [0.717, 1.165) is 38.1 Å².